The lowest BCUT2D eigenvalue weighted by molar-refractivity contribution is 0.356. The molecule has 0 spiro atoms. The molecule has 0 bridgehead atoms. The number of rotatable bonds is 6. The van der Waals surface area contributed by atoms with Crippen LogP contribution in [0.4, 0.5) is 0 Å². The fraction of sp³-hybridized carbons (Fsp3) is 0.571. The highest BCUT2D eigenvalue weighted by atomic mass is 14.9. The van der Waals surface area contributed by atoms with Crippen LogP contribution in [0.5, 0.6) is 0 Å². The maximum atomic E-state index is 5.72. The molecule has 0 aromatic heterocycles. The van der Waals surface area contributed by atoms with Crippen LogP contribution in [0.15, 0.2) is 24.3 Å². The van der Waals surface area contributed by atoms with E-state index in [1.165, 1.54) is 24.0 Å². The van der Waals surface area contributed by atoms with Crippen molar-refractivity contribution in [2.75, 3.05) is 0 Å². The maximum absolute atomic E-state index is 5.72. The van der Waals surface area contributed by atoms with Gasteiger partial charge in [-0.2, -0.15) is 0 Å². The second-order valence-corrected chi connectivity index (χ2v) is 4.96. The van der Waals surface area contributed by atoms with Gasteiger partial charge in [-0.3, -0.25) is 0 Å². The van der Waals surface area contributed by atoms with Crippen LogP contribution in [0, 0.1) is 0 Å². The first-order chi connectivity index (χ1) is 7.59. The number of nitrogens with two attached hydrogens (primary N) is 1. The molecule has 0 atom stereocenters. The maximum Gasteiger partial charge on any atom is 0.0213 e. The van der Waals surface area contributed by atoms with E-state index in [2.05, 4.69) is 44.3 Å². The molecule has 2 nitrogen and oxygen atoms in total. The zero-order valence-corrected chi connectivity index (χ0v) is 10.7. The predicted molar refractivity (Wildman–Crippen MR) is 70.2 cm³/mol. The molecule has 1 aromatic carbocycles. The summed E-state index contributed by atoms with van der Waals surface area (Å²) in [6, 6.07) is 8.37. The Bertz CT molecular complexity index is 318. The molecular weight excluding hydrogens is 196 g/mol. The summed E-state index contributed by atoms with van der Waals surface area (Å²) >= 11 is 0. The second kappa shape index (κ2) is 6.02. The highest BCUT2D eigenvalue weighted by Crippen LogP contribution is 2.14. The third kappa shape index (κ3) is 3.95. The van der Waals surface area contributed by atoms with Gasteiger partial charge in [0.05, 0.1) is 0 Å². The SMILES string of the molecule is CCCC(C)(C)NCc1ccccc1CN. The quantitative estimate of drug-likeness (QED) is 0.773. The van der Waals surface area contributed by atoms with Crippen molar-refractivity contribution in [2.45, 2.75) is 52.2 Å². The van der Waals surface area contributed by atoms with E-state index < -0.39 is 0 Å². The first-order valence-electron chi connectivity index (χ1n) is 6.11. The van der Waals surface area contributed by atoms with Crippen LogP contribution < -0.4 is 11.1 Å². The van der Waals surface area contributed by atoms with Crippen molar-refractivity contribution in [3.05, 3.63) is 35.4 Å². The van der Waals surface area contributed by atoms with Crippen LogP contribution in [0.1, 0.15) is 44.7 Å². The number of benzene rings is 1. The van der Waals surface area contributed by atoms with Gasteiger partial charge in [-0.15, -0.1) is 0 Å². The van der Waals surface area contributed by atoms with Gasteiger partial charge in [-0.25, -0.2) is 0 Å². The summed E-state index contributed by atoms with van der Waals surface area (Å²) in [5.74, 6) is 0. The summed E-state index contributed by atoms with van der Waals surface area (Å²) in [6.45, 7) is 8.24. The molecule has 0 radical (unpaired) electrons. The smallest absolute Gasteiger partial charge is 0.0213 e. The van der Waals surface area contributed by atoms with Gasteiger partial charge in [0.2, 0.25) is 0 Å². The lowest BCUT2D eigenvalue weighted by Gasteiger charge is -2.26. The van der Waals surface area contributed by atoms with Crippen molar-refractivity contribution in [1.82, 2.24) is 5.32 Å². The molecule has 0 aliphatic heterocycles. The number of hydrogen-bond acceptors (Lipinski definition) is 2. The van der Waals surface area contributed by atoms with Crippen LogP contribution in [-0.4, -0.2) is 5.54 Å². The van der Waals surface area contributed by atoms with Crippen molar-refractivity contribution < 1.29 is 0 Å². The molecule has 0 saturated heterocycles. The zero-order chi connectivity index (χ0) is 12.0. The van der Waals surface area contributed by atoms with Gasteiger partial charge >= 0.3 is 0 Å². The molecule has 2 heteroatoms. The van der Waals surface area contributed by atoms with Gasteiger partial charge in [0.15, 0.2) is 0 Å². The summed E-state index contributed by atoms with van der Waals surface area (Å²) in [5.41, 5.74) is 8.48. The molecule has 1 rings (SSSR count). The average molecular weight is 220 g/mol. The normalized spacial score (nSPS) is 11.8. The van der Waals surface area contributed by atoms with Crippen LogP contribution in [0.25, 0.3) is 0 Å². The van der Waals surface area contributed by atoms with Crippen LogP contribution in [-0.2, 0) is 13.1 Å². The van der Waals surface area contributed by atoms with E-state index >= 15 is 0 Å². The molecule has 1 aromatic rings. The molecule has 0 saturated carbocycles. The van der Waals surface area contributed by atoms with Crippen molar-refractivity contribution >= 4 is 0 Å². The molecule has 90 valence electrons. The van der Waals surface area contributed by atoms with E-state index in [9.17, 15) is 0 Å². The van der Waals surface area contributed by atoms with E-state index in [4.69, 9.17) is 5.73 Å². The Morgan fingerprint density at radius 2 is 1.81 bits per heavy atom. The lowest BCUT2D eigenvalue weighted by atomic mass is 9.98. The molecule has 0 heterocycles. The van der Waals surface area contributed by atoms with Crippen LogP contribution in [0.3, 0.4) is 0 Å². The van der Waals surface area contributed by atoms with Gasteiger partial charge < -0.3 is 11.1 Å². The van der Waals surface area contributed by atoms with Crippen molar-refractivity contribution in [2.24, 2.45) is 5.73 Å². The standard InChI is InChI=1S/C14H24N2/c1-4-9-14(2,3)16-11-13-8-6-5-7-12(13)10-15/h5-8,16H,4,9-11,15H2,1-3H3. The summed E-state index contributed by atoms with van der Waals surface area (Å²) in [5, 5.41) is 3.60. The third-order valence-corrected chi connectivity index (χ3v) is 2.97. The Kier molecular flexibility index (Phi) is 4.97. The number of nitrogens with one attached hydrogen (secondary N) is 1. The first-order valence-corrected chi connectivity index (χ1v) is 6.11. The van der Waals surface area contributed by atoms with Crippen molar-refractivity contribution in [1.29, 1.82) is 0 Å². The molecule has 3 N–H and O–H groups in total. The van der Waals surface area contributed by atoms with E-state index in [-0.39, 0.29) is 5.54 Å². The summed E-state index contributed by atoms with van der Waals surface area (Å²) in [4.78, 5) is 0. The molecule has 0 unspecified atom stereocenters. The highest BCUT2D eigenvalue weighted by Gasteiger charge is 2.15. The minimum Gasteiger partial charge on any atom is -0.326 e. The van der Waals surface area contributed by atoms with Crippen LogP contribution >= 0.6 is 0 Å². The Morgan fingerprint density at radius 3 is 2.38 bits per heavy atom. The second-order valence-electron chi connectivity index (χ2n) is 4.96. The van der Waals surface area contributed by atoms with Gasteiger partial charge in [-0.1, -0.05) is 37.6 Å². The average Bonchev–Trinajstić information content (AvgIpc) is 2.27. The Hall–Kier alpha value is -0.860. The molecule has 0 aliphatic rings. The molecule has 0 fully saturated rings. The Balaban J connectivity index is 2.60. The fourth-order valence-electron chi connectivity index (χ4n) is 1.98. The van der Waals surface area contributed by atoms with Gasteiger partial charge in [0.1, 0.15) is 0 Å². The predicted octanol–water partition coefficient (Wildman–Crippen LogP) is 2.81. The molecule has 0 amide bonds. The van der Waals surface area contributed by atoms with Gasteiger partial charge in [0.25, 0.3) is 0 Å². The molecule has 16 heavy (non-hydrogen) atoms. The van der Waals surface area contributed by atoms with Gasteiger partial charge in [0, 0.05) is 18.6 Å². The molecule has 0 aliphatic carbocycles. The fourth-order valence-corrected chi connectivity index (χ4v) is 1.98. The van der Waals surface area contributed by atoms with Crippen LogP contribution in [0.2, 0.25) is 0 Å². The zero-order valence-electron chi connectivity index (χ0n) is 10.7. The largest absolute Gasteiger partial charge is 0.326 e. The van der Waals surface area contributed by atoms with Crippen molar-refractivity contribution in [3.63, 3.8) is 0 Å². The minimum atomic E-state index is 0.205. The molecular formula is C14H24N2. The summed E-state index contributed by atoms with van der Waals surface area (Å²) in [6.07, 6.45) is 2.40. The van der Waals surface area contributed by atoms with E-state index in [0.717, 1.165) is 6.54 Å². The van der Waals surface area contributed by atoms with E-state index in [1.807, 2.05) is 6.07 Å². The van der Waals surface area contributed by atoms with Gasteiger partial charge in [-0.05, 0) is 31.4 Å². The minimum absolute atomic E-state index is 0.205. The topological polar surface area (TPSA) is 38.0 Å². The summed E-state index contributed by atoms with van der Waals surface area (Å²) < 4.78 is 0. The van der Waals surface area contributed by atoms with E-state index in [0.29, 0.717) is 6.54 Å². The number of hydrogen-bond donors (Lipinski definition) is 2. The monoisotopic (exact) mass is 220 g/mol. The van der Waals surface area contributed by atoms with E-state index in [1.54, 1.807) is 0 Å². The third-order valence-electron chi connectivity index (χ3n) is 2.97. The highest BCUT2D eigenvalue weighted by molar-refractivity contribution is 5.26. The van der Waals surface area contributed by atoms with Crippen molar-refractivity contribution in [3.8, 4) is 0 Å². The lowest BCUT2D eigenvalue weighted by Crippen LogP contribution is -2.38. The summed E-state index contributed by atoms with van der Waals surface area (Å²) in [7, 11) is 0. The Labute approximate surface area is 99.2 Å². The first kappa shape index (κ1) is 13.2. The Morgan fingerprint density at radius 1 is 1.19 bits per heavy atom.